The Morgan fingerprint density at radius 1 is 1.00 bits per heavy atom. The van der Waals surface area contributed by atoms with Gasteiger partial charge in [-0.3, -0.25) is 14.7 Å². The van der Waals surface area contributed by atoms with Crippen molar-refractivity contribution in [2.75, 3.05) is 6.54 Å². The highest BCUT2D eigenvalue weighted by molar-refractivity contribution is 6.32. The van der Waals surface area contributed by atoms with Gasteiger partial charge in [-0.15, -0.1) is 0 Å². The zero-order valence-electron chi connectivity index (χ0n) is 20.2. The van der Waals surface area contributed by atoms with Gasteiger partial charge < -0.3 is 5.32 Å². The number of nitrogens with zero attached hydrogens (tertiary/aromatic N) is 2. The van der Waals surface area contributed by atoms with Crippen molar-refractivity contribution in [3.8, 4) is 0 Å². The SMILES string of the molecule is CC(=O)NCC1(c2ncccc2C)C[C@@H]2CC[C@@H](C1)N2C(c1ccccc1Cl)c1ccccc1Cl. The number of benzene rings is 2. The van der Waals surface area contributed by atoms with Gasteiger partial charge in [0.25, 0.3) is 0 Å². The fourth-order valence-electron chi connectivity index (χ4n) is 6.44. The van der Waals surface area contributed by atoms with Crippen LogP contribution in [0.2, 0.25) is 10.0 Å². The van der Waals surface area contributed by atoms with Crippen molar-refractivity contribution in [1.29, 1.82) is 0 Å². The van der Waals surface area contributed by atoms with Crippen LogP contribution in [0.25, 0.3) is 0 Å². The predicted molar refractivity (Wildman–Crippen MR) is 142 cm³/mol. The summed E-state index contributed by atoms with van der Waals surface area (Å²) in [5.41, 5.74) is 4.26. The van der Waals surface area contributed by atoms with E-state index in [0.717, 1.165) is 52.5 Å². The van der Waals surface area contributed by atoms with Crippen LogP contribution in [0.1, 0.15) is 61.0 Å². The molecule has 182 valence electrons. The first kappa shape index (κ1) is 24.3. The first-order valence-electron chi connectivity index (χ1n) is 12.3. The van der Waals surface area contributed by atoms with Crippen LogP contribution in [0.4, 0.5) is 0 Å². The molecule has 1 N–H and O–H groups in total. The van der Waals surface area contributed by atoms with Crippen molar-refractivity contribution in [1.82, 2.24) is 15.2 Å². The number of fused-ring (bicyclic) bond motifs is 2. The number of hydrogen-bond donors (Lipinski definition) is 1. The number of aromatic nitrogens is 1. The summed E-state index contributed by atoms with van der Waals surface area (Å²) in [6.45, 7) is 4.32. The second-order valence-corrected chi connectivity index (χ2v) is 10.9. The quantitative estimate of drug-likeness (QED) is 0.414. The van der Waals surface area contributed by atoms with Crippen molar-refractivity contribution >= 4 is 29.1 Å². The molecule has 35 heavy (non-hydrogen) atoms. The van der Waals surface area contributed by atoms with E-state index in [0.29, 0.717) is 18.6 Å². The molecule has 2 bridgehead atoms. The van der Waals surface area contributed by atoms with Gasteiger partial charge in [0.2, 0.25) is 5.91 Å². The van der Waals surface area contributed by atoms with Gasteiger partial charge >= 0.3 is 0 Å². The van der Waals surface area contributed by atoms with Gasteiger partial charge in [0, 0.05) is 47.2 Å². The Kier molecular flexibility index (Phi) is 6.89. The summed E-state index contributed by atoms with van der Waals surface area (Å²) in [6, 6.07) is 20.9. The van der Waals surface area contributed by atoms with Crippen LogP contribution in [0.5, 0.6) is 0 Å². The zero-order chi connectivity index (χ0) is 24.6. The maximum absolute atomic E-state index is 12.0. The lowest BCUT2D eigenvalue weighted by Gasteiger charge is -2.50. The summed E-state index contributed by atoms with van der Waals surface area (Å²) in [6.07, 6.45) is 5.93. The van der Waals surface area contributed by atoms with Gasteiger partial charge in [-0.05, 0) is 67.5 Å². The lowest BCUT2D eigenvalue weighted by atomic mass is 9.70. The van der Waals surface area contributed by atoms with E-state index in [4.69, 9.17) is 28.2 Å². The number of halogens is 2. The second-order valence-electron chi connectivity index (χ2n) is 10.0. The van der Waals surface area contributed by atoms with E-state index in [1.165, 1.54) is 5.56 Å². The first-order chi connectivity index (χ1) is 16.9. The summed E-state index contributed by atoms with van der Waals surface area (Å²) in [4.78, 5) is 19.5. The number of carbonyl (C=O) groups excluding carboxylic acids is 1. The van der Waals surface area contributed by atoms with Gasteiger partial charge in [0.15, 0.2) is 0 Å². The van der Waals surface area contributed by atoms with Gasteiger partial charge in [0.05, 0.1) is 11.7 Å². The molecule has 0 radical (unpaired) electrons. The fourth-order valence-corrected chi connectivity index (χ4v) is 6.92. The number of amides is 1. The Labute approximate surface area is 217 Å². The molecule has 0 spiro atoms. The Hall–Kier alpha value is -2.40. The molecule has 5 rings (SSSR count). The van der Waals surface area contributed by atoms with E-state index in [1.54, 1.807) is 6.92 Å². The molecule has 0 aliphatic carbocycles. The van der Waals surface area contributed by atoms with Crippen molar-refractivity contribution < 1.29 is 4.79 Å². The smallest absolute Gasteiger partial charge is 0.216 e. The Morgan fingerprint density at radius 3 is 2.09 bits per heavy atom. The van der Waals surface area contributed by atoms with Crippen LogP contribution < -0.4 is 5.32 Å². The average Bonchev–Trinajstić information content (AvgIpc) is 3.10. The average molecular weight is 508 g/mol. The Balaban J connectivity index is 1.58. The topological polar surface area (TPSA) is 45.2 Å². The van der Waals surface area contributed by atoms with Crippen molar-refractivity contribution in [3.05, 3.63) is 99.3 Å². The molecule has 1 amide bonds. The molecule has 2 fully saturated rings. The van der Waals surface area contributed by atoms with E-state index in [9.17, 15) is 4.79 Å². The number of nitrogens with one attached hydrogen (secondary N) is 1. The molecule has 2 saturated heterocycles. The van der Waals surface area contributed by atoms with E-state index >= 15 is 0 Å². The number of pyridine rings is 1. The molecular weight excluding hydrogens is 477 g/mol. The second kappa shape index (κ2) is 9.93. The maximum atomic E-state index is 12.0. The monoisotopic (exact) mass is 507 g/mol. The van der Waals surface area contributed by atoms with Gasteiger partial charge in [-0.25, -0.2) is 0 Å². The lowest BCUT2D eigenvalue weighted by Crippen LogP contribution is -2.55. The summed E-state index contributed by atoms with van der Waals surface area (Å²) < 4.78 is 0. The van der Waals surface area contributed by atoms with Crippen LogP contribution in [-0.2, 0) is 10.2 Å². The Morgan fingerprint density at radius 2 is 1.57 bits per heavy atom. The molecule has 0 saturated carbocycles. The van der Waals surface area contributed by atoms with Crippen molar-refractivity contribution in [2.45, 2.75) is 63.1 Å². The third-order valence-corrected chi connectivity index (χ3v) is 8.50. The van der Waals surface area contributed by atoms with Gasteiger partial charge in [-0.2, -0.15) is 0 Å². The molecule has 1 aromatic heterocycles. The van der Waals surface area contributed by atoms with Gasteiger partial charge in [-0.1, -0.05) is 65.7 Å². The highest BCUT2D eigenvalue weighted by atomic mass is 35.5. The molecule has 2 atom stereocenters. The largest absolute Gasteiger partial charge is 0.355 e. The summed E-state index contributed by atoms with van der Waals surface area (Å²) in [7, 11) is 0. The van der Waals surface area contributed by atoms with Crippen LogP contribution in [-0.4, -0.2) is 34.4 Å². The Bertz CT molecular complexity index is 1170. The van der Waals surface area contributed by atoms with E-state index < -0.39 is 0 Å². The minimum Gasteiger partial charge on any atom is -0.355 e. The molecule has 3 heterocycles. The first-order valence-corrected chi connectivity index (χ1v) is 13.1. The molecular formula is C29H31Cl2N3O. The normalized spacial score (nSPS) is 24.0. The van der Waals surface area contributed by atoms with E-state index in [-0.39, 0.29) is 17.4 Å². The third-order valence-electron chi connectivity index (χ3n) is 7.81. The maximum Gasteiger partial charge on any atom is 0.216 e. The van der Waals surface area contributed by atoms with Gasteiger partial charge in [0.1, 0.15) is 0 Å². The number of hydrogen-bond acceptors (Lipinski definition) is 3. The molecule has 6 heteroatoms. The van der Waals surface area contributed by atoms with Crippen molar-refractivity contribution in [2.24, 2.45) is 0 Å². The fraction of sp³-hybridized carbons (Fsp3) is 0.379. The van der Waals surface area contributed by atoms with Crippen LogP contribution in [0, 0.1) is 6.92 Å². The number of carbonyl (C=O) groups is 1. The standard InChI is InChI=1S/C29H31Cl2N3O/c1-19-8-7-15-32-28(19)29(18-33-20(2)35)16-21-13-14-22(17-29)34(21)27(23-9-3-5-11-25(23)30)24-10-4-6-12-26(24)31/h3-12,15,21-22,27H,13-14,16-18H2,1-2H3,(H,33,35)/t21-,22-/m0/s1. The number of aryl methyl sites for hydroxylation is 1. The van der Waals surface area contributed by atoms with Crippen LogP contribution in [0.15, 0.2) is 66.9 Å². The summed E-state index contributed by atoms with van der Waals surface area (Å²) in [5, 5.41) is 4.65. The van der Waals surface area contributed by atoms with Crippen LogP contribution in [0.3, 0.4) is 0 Å². The van der Waals surface area contributed by atoms with E-state index in [2.05, 4.69) is 47.5 Å². The minimum absolute atomic E-state index is 0.00209. The number of rotatable bonds is 6. The molecule has 4 nitrogen and oxygen atoms in total. The minimum atomic E-state index is -0.204. The summed E-state index contributed by atoms with van der Waals surface area (Å²) >= 11 is 13.6. The predicted octanol–water partition coefficient (Wildman–Crippen LogP) is 6.49. The molecule has 3 aromatic rings. The highest BCUT2D eigenvalue weighted by Gasteiger charge is 2.52. The molecule has 2 aromatic carbocycles. The highest BCUT2D eigenvalue weighted by Crippen LogP contribution is 2.52. The zero-order valence-corrected chi connectivity index (χ0v) is 21.7. The van der Waals surface area contributed by atoms with Crippen LogP contribution >= 0.6 is 23.2 Å². The third kappa shape index (κ3) is 4.60. The molecule has 2 aliphatic rings. The lowest BCUT2D eigenvalue weighted by molar-refractivity contribution is -0.119. The summed E-state index contributed by atoms with van der Waals surface area (Å²) in [5.74, 6) is -0.00209. The number of piperidine rings is 1. The molecule has 2 aliphatic heterocycles. The van der Waals surface area contributed by atoms with Crippen molar-refractivity contribution in [3.63, 3.8) is 0 Å². The molecule has 0 unspecified atom stereocenters. The van der Waals surface area contributed by atoms with E-state index in [1.807, 2.05) is 36.5 Å².